The summed E-state index contributed by atoms with van der Waals surface area (Å²) in [6, 6.07) is 22.7. The summed E-state index contributed by atoms with van der Waals surface area (Å²) in [6.07, 6.45) is 12.6. The van der Waals surface area contributed by atoms with Gasteiger partial charge in [-0.2, -0.15) is 0 Å². The van der Waals surface area contributed by atoms with Crippen molar-refractivity contribution in [3.63, 3.8) is 0 Å². The van der Waals surface area contributed by atoms with Crippen LogP contribution in [0.2, 0.25) is 0 Å². The van der Waals surface area contributed by atoms with Gasteiger partial charge in [0.2, 0.25) is 5.70 Å². The van der Waals surface area contributed by atoms with Crippen molar-refractivity contribution in [2.75, 3.05) is 18.0 Å². The van der Waals surface area contributed by atoms with Crippen LogP contribution in [0, 0.1) is 24.5 Å². The first kappa shape index (κ1) is 33.9. The predicted octanol–water partition coefficient (Wildman–Crippen LogP) is 10.6. The molecular weight excluding hydrogens is 589 g/mol. The third-order valence-corrected chi connectivity index (χ3v) is 8.69. The van der Waals surface area contributed by atoms with Crippen LogP contribution >= 0.6 is 11.3 Å². The van der Waals surface area contributed by atoms with Gasteiger partial charge in [-0.05, 0) is 74.7 Å². The second kappa shape index (κ2) is 16.3. The molecule has 6 nitrogen and oxygen atoms in total. The van der Waals surface area contributed by atoms with E-state index in [-0.39, 0.29) is 17.2 Å². The van der Waals surface area contributed by atoms with Crippen molar-refractivity contribution in [3.8, 4) is 11.8 Å². The Hall–Kier alpha value is -5.03. The molecule has 1 aromatic heterocycles. The standard InChI is InChI=1S/C39H40N4O2S/c1-7-9-24-43(25-10-8-2)31-18-16-30(36(26-31)44-28-29-14-12-11-13-15-29)17-19-32-20-21-33(46-32)22-23-34-37(42-6)38(35(27-40)41-5)45-39(34,3)4/h11-23,26H,7-10,24-25,28H2,1-4H3/b19-17+,23-22+,38-35+. The van der Waals surface area contributed by atoms with E-state index in [1.54, 1.807) is 11.3 Å². The molecule has 0 fully saturated rings. The van der Waals surface area contributed by atoms with Crippen LogP contribution in [0.15, 0.2) is 89.5 Å². The van der Waals surface area contributed by atoms with Crippen molar-refractivity contribution >= 4 is 35.3 Å². The molecule has 0 bridgehead atoms. The summed E-state index contributed by atoms with van der Waals surface area (Å²) in [5, 5.41) is 9.34. The summed E-state index contributed by atoms with van der Waals surface area (Å²) in [4.78, 5) is 11.4. The lowest BCUT2D eigenvalue weighted by molar-refractivity contribution is 0.0952. The second-order valence-corrected chi connectivity index (χ2v) is 12.6. The van der Waals surface area contributed by atoms with Crippen LogP contribution in [0.5, 0.6) is 5.75 Å². The zero-order valence-corrected chi connectivity index (χ0v) is 27.9. The molecule has 0 amide bonds. The minimum absolute atomic E-state index is 0.0575. The lowest BCUT2D eigenvalue weighted by Crippen LogP contribution is -2.25. The van der Waals surface area contributed by atoms with Crippen LogP contribution in [0.3, 0.4) is 0 Å². The van der Waals surface area contributed by atoms with Gasteiger partial charge >= 0.3 is 0 Å². The summed E-state index contributed by atoms with van der Waals surface area (Å²) in [5.74, 6) is 0.913. The normalized spacial score (nSPS) is 15.0. The smallest absolute Gasteiger partial charge is 0.292 e. The zero-order chi connectivity index (χ0) is 32.9. The first-order valence-corrected chi connectivity index (χ1v) is 16.5. The van der Waals surface area contributed by atoms with Crippen molar-refractivity contribution in [2.24, 2.45) is 0 Å². The highest BCUT2D eigenvalue weighted by Crippen LogP contribution is 2.42. The molecule has 0 aliphatic carbocycles. The Kier molecular flexibility index (Phi) is 12.0. The van der Waals surface area contributed by atoms with E-state index in [0.717, 1.165) is 65.4 Å². The lowest BCUT2D eigenvalue weighted by atomic mass is 9.97. The van der Waals surface area contributed by atoms with E-state index in [1.807, 2.05) is 56.3 Å². The lowest BCUT2D eigenvalue weighted by Gasteiger charge is -2.25. The van der Waals surface area contributed by atoms with Crippen LogP contribution < -0.4 is 9.64 Å². The number of benzene rings is 2. The van der Waals surface area contributed by atoms with Crippen molar-refractivity contribution in [1.29, 1.82) is 5.26 Å². The molecular formula is C39H40N4O2S. The molecule has 0 atom stereocenters. The molecule has 234 valence electrons. The van der Waals surface area contributed by atoms with E-state index >= 15 is 0 Å². The largest absolute Gasteiger partial charge is 0.505 e. The second-order valence-electron chi connectivity index (χ2n) is 11.5. The molecule has 4 rings (SSSR count). The van der Waals surface area contributed by atoms with Crippen LogP contribution in [-0.2, 0) is 11.3 Å². The summed E-state index contributed by atoms with van der Waals surface area (Å²) in [7, 11) is 0. The van der Waals surface area contributed by atoms with E-state index in [1.165, 1.54) is 5.69 Å². The van der Waals surface area contributed by atoms with Gasteiger partial charge in [-0.1, -0.05) is 63.1 Å². The SMILES string of the molecule is [C-]#[N+]C1=C(/C=C/c2ccc(/C=C/c3ccc(N(CCCC)CCCC)cc3OCc3ccccc3)s2)C(C)(C)O/C1=C(\C#N)[N+]#[C-]. The van der Waals surface area contributed by atoms with Crippen molar-refractivity contribution in [3.05, 3.63) is 133 Å². The molecule has 0 saturated heterocycles. The maximum atomic E-state index is 9.34. The highest BCUT2D eigenvalue weighted by atomic mass is 32.1. The van der Waals surface area contributed by atoms with Gasteiger partial charge < -0.3 is 14.4 Å². The Morgan fingerprint density at radius 2 is 1.63 bits per heavy atom. The molecule has 1 aliphatic heterocycles. The Bertz CT molecular complexity index is 1730. The molecule has 0 spiro atoms. The van der Waals surface area contributed by atoms with Crippen molar-refractivity contribution in [2.45, 2.75) is 65.6 Å². The average Bonchev–Trinajstić information content (AvgIpc) is 3.63. The highest BCUT2D eigenvalue weighted by molar-refractivity contribution is 7.13. The number of ether oxygens (including phenoxy) is 2. The Morgan fingerprint density at radius 3 is 2.24 bits per heavy atom. The van der Waals surface area contributed by atoms with Crippen molar-refractivity contribution in [1.82, 2.24) is 0 Å². The summed E-state index contributed by atoms with van der Waals surface area (Å²) in [5.41, 5.74) is 3.14. The molecule has 7 heteroatoms. The Labute approximate surface area is 277 Å². The van der Waals surface area contributed by atoms with Gasteiger partial charge in [-0.15, -0.1) is 11.3 Å². The molecule has 2 aromatic carbocycles. The van der Waals surface area contributed by atoms with Gasteiger partial charge in [0.1, 0.15) is 23.7 Å². The van der Waals surface area contributed by atoms with E-state index < -0.39 is 5.60 Å². The quantitative estimate of drug-likeness (QED) is 0.132. The number of thiophene rings is 1. The average molecular weight is 629 g/mol. The molecule has 0 radical (unpaired) electrons. The molecule has 1 aliphatic rings. The monoisotopic (exact) mass is 628 g/mol. The number of unbranched alkanes of at least 4 members (excludes halogenated alkanes) is 2. The van der Waals surface area contributed by atoms with E-state index in [2.05, 4.69) is 77.0 Å². The predicted molar refractivity (Wildman–Crippen MR) is 190 cm³/mol. The fourth-order valence-electron chi connectivity index (χ4n) is 5.11. The van der Waals surface area contributed by atoms with Gasteiger partial charge in [0.15, 0.2) is 0 Å². The number of nitrogens with zero attached hydrogens (tertiary/aromatic N) is 4. The summed E-state index contributed by atoms with van der Waals surface area (Å²) >= 11 is 1.63. The van der Waals surface area contributed by atoms with Crippen molar-refractivity contribution < 1.29 is 9.47 Å². The van der Waals surface area contributed by atoms with Crippen LogP contribution in [-0.4, -0.2) is 18.7 Å². The van der Waals surface area contributed by atoms with Crippen LogP contribution in [0.25, 0.3) is 27.9 Å². The van der Waals surface area contributed by atoms with E-state index in [9.17, 15) is 5.26 Å². The zero-order valence-electron chi connectivity index (χ0n) is 27.0. The summed E-state index contributed by atoms with van der Waals surface area (Å²) in [6.45, 7) is 25.7. The maximum Gasteiger partial charge on any atom is 0.292 e. The van der Waals surface area contributed by atoms with Gasteiger partial charge in [-0.25, -0.2) is 15.0 Å². The first-order chi connectivity index (χ1) is 22.3. The Morgan fingerprint density at radius 1 is 0.957 bits per heavy atom. The van der Waals surface area contributed by atoms with Gasteiger partial charge in [0.25, 0.3) is 5.70 Å². The fraction of sp³-hybridized carbons (Fsp3) is 0.308. The molecule has 3 aromatic rings. The molecule has 0 N–H and O–H groups in total. The number of nitriles is 1. The fourth-order valence-corrected chi connectivity index (χ4v) is 5.93. The van der Waals surface area contributed by atoms with E-state index in [4.69, 9.17) is 22.6 Å². The molecule has 46 heavy (non-hydrogen) atoms. The number of hydrogen-bond acceptors (Lipinski definition) is 5. The molecule has 0 saturated carbocycles. The highest BCUT2D eigenvalue weighted by Gasteiger charge is 2.38. The number of allylic oxidation sites excluding steroid dienone is 1. The maximum absolute atomic E-state index is 9.34. The van der Waals surface area contributed by atoms with Crippen LogP contribution in [0.1, 0.15) is 74.3 Å². The first-order valence-electron chi connectivity index (χ1n) is 15.7. The molecule has 2 heterocycles. The summed E-state index contributed by atoms with van der Waals surface area (Å²) < 4.78 is 12.3. The third-order valence-electron chi connectivity index (χ3n) is 7.67. The molecule has 0 unspecified atom stereocenters. The van der Waals surface area contributed by atoms with Gasteiger partial charge in [0.05, 0.1) is 19.2 Å². The van der Waals surface area contributed by atoms with E-state index in [0.29, 0.717) is 12.2 Å². The third kappa shape index (κ3) is 8.57. The Balaban J connectivity index is 1.59. The van der Waals surface area contributed by atoms with Crippen LogP contribution in [0.4, 0.5) is 5.69 Å². The van der Waals surface area contributed by atoms with Gasteiger partial charge in [0, 0.05) is 45.7 Å². The number of rotatable bonds is 14. The minimum Gasteiger partial charge on any atom is -0.505 e. The number of anilines is 1. The number of hydrogen-bond donors (Lipinski definition) is 0. The topological polar surface area (TPSA) is 54.2 Å². The van der Waals surface area contributed by atoms with Gasteiger partial charge in [-0.3, -0.25) is 0 Å². The minimum atomic E-state index is -0.830.